The standard InChI is InChI=1S/C31H28N4O5S3/c1-39-23-10-12-26(40-2)25(15-23)34-30(38)18-42-31-35-24-11-9-22(14-27(24)43-31)33-29(37)17-41-16-28(36)32-21-8-7-19-5-3-4-6-20(19)13-21/h3-15H,16-18H2,1-2H3,(H,32,36)(H,33,37)(H,34,38). The third kappa shape index (κ3) is 8.19. The summed E-state index contributed by atoms with van der Waals surface area (Å²) in [6.07, 6.45) is 0. The van der Waals surface area contributed by atoms with E-state index in [1.54, 1.807) is 31.4 Å². The third-order valence-electron chi connectivity index (χ3n) is 6.16. The largest absolute Gasteiger partial charge is 0.497 e. The van der Waals surface area contributed by atoms with Crippen LogP contribution in [-0.4, -0.2) is 54.2 Å². The number of methoxy groups -OCH3 is 2. The van der Waals surface area contributed by atoms with Gasteiger partial charge in [-0.15, -0.1) is 23.1 Å². The Bertz CT molecular complexity index is 1790. The number of hydrogen-bond donors (Lipinski definition) is 3. The van der Waals surface area contributed by atoms with Crippen molar-refractivity contribution in [3.63, 3.8) is 0 Å². The monoisotopic (exact) mass is 632 g/mol. The van der Waals surface area contributed by atoms with E-state index >= 15 is 0 Å². The average molecular weight is 633 g/mol. The van der Waals surface area contributed by atoms with E-state index in [4.69, 9.17) is 9.47 Å². The van der Waals surface area contributed by atoms with Crippen LogP contribution in [0.3, 0.4) is 0 Å². The summed E-state index contributed by atoms with van der Waals surface area (Å²) in [6, 6.07) is 24.4. The van der Waals surface area contributed by atoms with E-state index in [-0.39, 0.29) is 35.0 Å². The molecule has 0 radical (unpaired) electrons. The second-order valence-electron chi connectivity index (χ2n) is 9.22. The van der Waals surface area contributed by atoms with Gasteiger partial charge in [-0.2, -0.15) is 0 Å². The summed E-state index contributed by atoms with van der Waals surface area (Å²) in [5, 5.41) is 10.8. The summed E-state index contributed by atoms with van der Waals surface area (Å²) >= 11 is 4.01. The van der Waals surface area contributed by atoms with Gasteiger partial charge in [0.25, 0.3) is 0 Å². The van der Waals surface area contributed by atoms with E-state index in [9.17, 15) is 14.4 Å². The van der Waals surface area contributed by atoms with Crippen LogP contribution >= 0.6 is 34.9 Å². The van der Waals surface area contributed by atoms with E-state index in [2.05, 4.69) is 20.9 Å². The van der Waals surface area contributed by atoms with Crippen LogP contribution < -0.4 is 25.4 Å². The van der Waals surface area contributed by atoms with Crippen LogP contribution in [0.1, 0.15) is 0 Å². The lowest BCUT2D eigenvalue weighted by Crippen LogP contribution is -2.18. The summed E-state index contributed by atoms with van der Waals surface area (Å²) in [6.45, 7) is 0. The van der Waals surface area contributed by atoms with Crippen LogP contribution in [0.25, 0.3) is 21.0 Å². The molecule has 0 spiro atoms. The number of carbonyl (C=O) groups excluding carboxylic acids is 3. The number of nitrogens with one attached hydrogen (secondary N) is 3. The van der Waals surface area contributed by atoms with Crippen molar-refractivity contribution >= 4 is 90.6 Å². The van der Waals surface area contributed by atoms with Crippen molar-refractivity contribution in [2.24, 2.45) is 0 Å². The Balaban J connectivity index is 1.08. The van der Waals surface area contributed by atoms with Gasteiger partial charge in [-0.3, -0.25) is 14.4 Å². The van der Waals surface area contributed by atoms with Gasteiger partial charge in [0.1, 0.15) is 11.5 Å². The molecule has 0 aliphatic rings. The van der Waals surface area contributed by atoms with Crippen molar-refractivity contribution < 1.29 is 23.9 Å². The molecule has 3 amide bonds. The molecule has 9 nitrogen and oxygen atoms in total. The molecule has 0 saturated carbocycles. The van der Waals surface area contributed by atoms with Gasteiger partial charge in [-0.05, 0) is 53.2 Å². The Hall–Kier alpha value is -4.26. The zero-order chi connectivity index (χ0) is 30.2. The van der Waals surface area contributed by atoms with Crippen LogP contribution in [0, 0.1) is 0 Å². The number of thiazole rings is 1. The first-order valence-corrected chi connectivity index (χ1v) is 16.1. The molecule has 220 valence electrons. The van der Waals surface area contributed by atoms with Crippen LogP contribution in [-0.2, 0) is 14.4 Å². The molecule has 1 aromatic heterocycles. The zero-order valence-corrected chi connectivity index (χ0v) is 25.8. The van der Waals surface area contributed by atoms with Crippen molar-refractivity contribution in [3.05, 3.63) is 78.9 Å². The molecule has 43 heavy (non-hydrogen) atoms. The highest BCUT2D eigenvalue weighted by Crippen LogP contribution is 2.32. The van der Waals surface area contributed by atoms with Crippen molar-refractivity contribution in [2.45, 2.75) is 4.34 Å². The van der Waals surface area contributed by atoms with Crippen molar-refractivity contribution in [2.75, 3.05) is 47.4 Å². The molecule has 4 aromatic carbocycles. The van der Waals surface area contributed by atoms with Gasteiger partial charge in [0.05, 0.1) is 47.4 Å². The number of amides is 3. The number of fused-ring (bicyclic) bond motifs is 2. The number of benzene rings is 4. The van der Waals surface area contributed by atoms with Crippen molar-refractivity contribution in [3.8, 4) is 11.5 Å². The molecule has 0 atom stereocenters. The second kappa shape index (κ2) is 14.3. The number of hydrogen-bond acceptors (Lipinski definition) is 9. The first-order valence-electron chi connectivity index (χ1n) is 13.1. The number of aromatic nitrogens is 1. The molecule has 0 fully saturated rings. The number of thioether (sulfide) groups is 2. The first-order chi connectivity index (χ1) is 20.9. The molecule has 0 aliphatic heterocycles. The summed E-state index contributed by atoms with van der Waals surface area (Å²) in [7, 11) is 3.09. The molecule has 5 rings (SSSR count). The lowest BCUT2D eigenvalue weighted by atomic mass is 10.1. The first kappa shape index (κ1) is 30.2. The maximum Gasteiger partial charge on any atom is 0.234 e. The molecular weight excluding hydrogens is 605 g/mol. The minimum absolute atomic E-state index is 0.139. The number of carbonyl (C=O) groups is 3. The number of anilines is 3. The lowest BCUT2D eigenvalue weighted by Gasteiger charge is -2.11. The normalized spacial score (nSPS) is 10.8. The van der Waals surface area contributed by atoms with Gasteiger partial charge in [0.15, 0.2) is 4.34 Å². The van der Waals surface area contributed by atoms with Crippen molar-refractivity contribution in [1.29, 1.82) is 0 Å². The third-order valence-corrected chi connectivity index (χ3v) is 9.25. The maximum atomic E-state index is 12.6. The van der Waals surface area contributed by atoms with Gasteiger partial charge < -0.3 is 25.4 Å². The van der Waals surface area contributed by atoms with E-state index < -0.39 is 0 Å². The summed E-state index contributed by atoms with van der Waals surface area (Å²) in [4.78, 5) is 42.1. The Morgan fingerprint density at radius 1 is 0.744 bits per heavy atom. The Morgan fingerprint density at radius 2 is 1.44 bits per heavy atom. The summed E-state index contributed by atoms with van der Waals surface area (Å²) in [5.74, 6) is 1.04. The van der Waals surface area contributed by atoms with Crippen LogP contribution in [0.15, 0.2) is 83.2 Å². The lowest BCUT2D eigenvalue weighted by molar-refractivity contribution is -0.114. The molecule has 0 bridgehead atoms. The Morgan fingerprint density at radius 3 is 2.19 bits per heavy atom. The average Bonchev–Trinajstić information content (AvgIpc) is 3.42. The molecule has 1 heterocycles. The van der Waals surface area contributed by atoms with Crippen molar-refractivity contribution in [1.82, 2.24) is 4.98 Å². The summed E-state index contributed by atoms with van der Waals surface area (Å²) in [5.41, 5.74) is 2.67. The van der Waals surface area contributed by atoms with Crippen LogP contribution in [0.5, 0.6) is 11.5 Å². The fraction of sp³-hybridized carbons (Fsp3) is 0.161. The van der Waals surface area contributed by atoms with Gasteiger partial charge in [-0.1, -0.05) is 42.1 Å². The van der Waals surface area contributed by atoms with Gasteiger partial charge in [0.2, 0.25) is 17.7 Å². The Labute approximate surface area is 260 Å². The predicted octanol–water partition coefficient (Wildman–Crippen LogP) is 6.51. The molecule has 0 unspecified atom stereocenters. The van der Waals surface area contributed by atoms with E-state index in [1.165, 1.54) is 42.0 Å². The van der Waals surface area contributed by atoms with Gasteiger partial charge >= 0.3 is 0 Å². The van der Waals surface area contributed by atoms with Crippen LogP contribution in [0.2, 0.25) is 0 Å². The smallest absolute Gasteiger partial charge is 0.234 e. The number of rotatable bonds is 12. The summed E-state index contributed by atoms with van der Waals surface area (Å²) < 4.78 is 12.2. The minimum atomic E-state index is -0.202. The highest BCUT2D eigenvalue weighted by Gasteiger charge is 2.13. The molecular formula is C31H28N4O5S3. The molecule has 5 aromatic rings. The topological polar surface area (TPSA) is 119 Å². The van der Waals surface area contributed by atoms with Gasteiger partial charge in [0, 0.05) is 17.4 Å². The zero-order valence-electron chi connectivity index (χ0n) is 23.3. The maximum absolute atomic E-state index is 12.6. The number of nitrogens with zero attached hydrogens (tertiary/aromatic N) is 1. The number of ether oxygens (including phenoxy) is 2. The molecule has 0 aliphatic carbocycles. The highest BCUT2D eigenvalue weighted by molar-refractivity contribution is 8.01. The second-order valence-corrected chi connectivity index (χ2v) is 12.5. The molecule has 3 N–H and O–H groups in total. The van der Waals surface area contributed by atoms with Gasteiger partial charge in [-0.25, -0.2) is 4.98 Å². The van der Waals surface area contributed by atoms with E-state index in [0.29, 0.717) is 22.9 Å². The minimum Gasteiger partial charge on any atom is -0.497 e. The fourth-order valence-corrected chi connectivity index (χ4v) is 6.69. The molecule has 12 heteroatoms. The van der Waals surface area contributed by atoms with E-state index in [0.717, 1.165) is 31.0 Å². The SMILES string of the molecule is COc1ccc(OC)c(NC(=O)CSc2nc3ccc(NC(=O)CSCC(=O)Nc4ccc5ccccc5c4)cc3s2)c1. The van der Waals surface area contributed by atoms with Crippen LogP contribution in [0.4, 0.5) is 17.1 Å². The fourth-order valence-electron chi connectivity index (χ4n) is 4.17. The molecule has 0 saturated heterocycles. The Kier molecular flexibility index (Phi) is 10.0. The quantitative estimate of drug-likeness (QED) is 0.133. The van der Waals surface area contributed by atoms with E-state index in [1.807, 2.05) is 54.6 Å². The predicted molar refractivity (Wildman–Crippen MR) is 177 cm³/mol. The highest BCUT2D eigenvalue weighted by atomic mass is 32.2.